The number of ether oxygens (including phenoxy) is 2. The molecule has 2 aromatic carbocycles. The highest BCUT2D eigenvalue weighted by Crippen LogP contribution is 2.45. The van der Waals surface area contributed by atoms with E-state index in [-0.39, 0.29) is 23.7 Å². The third kappa shape index (κ3) is 3.92. The molecule has 11 heteroatoms. The standard InChI is InChI=1S/C27H25N7O4/c1-15-23-24(21(13-28)26(29)38-27(23)33(31-15)20-8-6-5-7-9-20)18-10-11-22(37-4)19(12-18)14-32-17(3)25(34(35)36)16(2)30-32/h5-12,24H,14,29H2,1-4H3/t24-/m0/s1. The highest BCUT2D eigenvalue weighted by Gasteiger charge is 2.36. The maximum Gasteiger partial charge on any atom is 0.312 e. The summed E-state index contributed by atoms with van der Waals surface area (Å²) in [5.74, 6) is 0.499. The number of para-hydroxylation sites is 1. The molecule has 2 N–H and O–H groups in total. The number of hydrogen-bond donors (Lipinski definition) is 1. The molecule has 0 fully saturated rings. The predicted molar refractivity (Wildman–Crippen MR) is 138 cm³/mol. The van der Waals surface area contributed by atoms with Crippen LogP contribution in [-0.2, 0) is 6.54 Å². The van der Waals surface area contributed by atoms with Gasteiger partial charge in [-0.05, 0) is 50.6 Å². The summed E-state index contributed by atoms with van der Waals surface area (Å²) >= 11 is 0. The third-order valence-corrected chi connectivity index (χ3v) is 6.72. The van der Waals surface area contributed by atoms with Gasteiger partial charge in [0.2, 0.25) is 11.8 Å². The Kier molecular flexibility index (Phi) is 6.08. The fraction of sp³-hybridized carbons (Fsp3) is 0.222. The number of aromatic nitrogens is 4. The highest BCUT2D eigenvalue weighted by molar-refractivity contribution is 5.58. The summed E-state index contributed by atoms with van der Waals surface area (Å²) in [5.41, 5.74) is 11.0. The first kappa shape index (κ1) is 24.6. The molecule has 5 rings (SSSR count). The van der Waals surface area contributed by atoms with Crippen molar-refractivity contribution in [3.05, 3.63) is 104 Å². The number of methoxy groups -OCH3 is 1. The molecule has 0 amide bonds. The first-order chi connectivity index (χ1) is 18.2. The molecule has 1 aliphatic rings. The number of aryl methyl sites for hydroxylation is 2. The Hall–Kier alpha value is -5.11. The zero-order valence-electron chi connectivity index (χ0n) is 21.3. The molecule has 11 nitrogen and oxygen atoms in total. The molecule has 3 heterocycles. The lowest BCUT2D eigenvalue weighted by molar-refractivity contribution is -0.386. The van der Waals surface area contributed by atoms with E-state index in [1.807, 2.05) is 55.5 Å². The summed E-state index contributed by atoms with van der Waals surface area (Å²) < 4.78 is 14.8. The molecule has 2 aromatic heterocycles. The highest BCUT2D eigenvalue weighted by atomic mass is 16.6. The SMILES string of the molecule is COc1ccc([C@H]2C(C#N)=C(N)Oc3c2c(C)nn3-c2ccccc2)cc1Cn1nc(C)c([N+](=O)[O-])c1C. The van der Waals surface area contributed by atoms with E-state index in [0.29, 0.717) is 28.7 Å². The smallest absolute Gasteiger partial charge is 0.312 e. The van der Waals surface area contributed by atoms with E-state index >= 15 is 0 Å². The summed E-state index contributed by atoms with van der Waals surface area (Å²) in [6, 6.07) is 17.3. The van der Waals surface area contributed by atoms with Gasteiger partial charge in [-0.15, -0.1) is 0 Å². The molecule has 0 unspecified atom stereocenters. The number of nitriles is 1. The van der Waals surface area contributed by atoms with Crippen molar-refractivity contribution in [2.24, 2.45) is 5.73 Å². The van der Waals surface area contributed by atoms with Crippen molar-refractivity contribution in [3.63, 3.8) is 0 Å². The Morgan fingerprint density at radius 1 is 1.16 bits per heavy atom. The number of benzene rings is 2. The van der Waals surface area contributed by atoms with Crippen LogP contribution < -0.4 is 15.2 Å². The number of hydrogen-bond acceptors (Lipinski definition) is 8. The Bertz CT molecular complexity index is 1640. The second kappa shape index (κ2) is 9.40. The van der Waals surface area contributed by atoms with Gasteiger partial charge in [0.1, 0.15) is 28.8 Å². The second-order valence-corrected chi connectivity index (χ2v) is 8.98. The van der Waals surface area contributed by atoms with E-state index in [2.05, 4.69) is 11.2 Å². The van der Waals surface area contributed by atoms with E-state index in [1.54, 1.807) is 30.3 Å². The van der Waals surface area contributed by atoms with Crippen molar-refractivity contribution in [2.75, 3.05) is 7.11 Å². The number of rotatable bonds is 6. The van der Waals surface area contributed by atoms with Crippen LogP contribution in [0.1, 0.15) is 39.7 Å². The first-order valence-corrected chi connectivity index (χ1v) is 11.8. The molecule has 1 atom stereocenters. The van der Waals surface area contributed by atoms with Crippen LogP contribution in [0, 0.1) is 42.2 Å². The van der Waals surface area contributed by atoms with Gasteiger partial charge in [0.25, 0.3) is 0 Å². The van der Waals surface area contributed by atoms with Crippen LogP contribution in [0.3, 0.4) is 0 Å². The number of fused-ring (bicyclic) bond motifs is 1. The molecular weight excluding hydrogens is 486 g/mol. The number of nitrogens with two attached hydrogens (primary N) is 1. The Morgan fingerprint density at radius 3 is 2.53 bits per heavy atom. The van der Waals surface area contributed by atoms with Gasteiger partial charge in [-0.25, -0.2) is 4.68 Å². The minimum atomic E-state index is -0.541. The minimum Gasteiger partial charge on any atom is -0.496 e. The molecule has 38 heavy (non-hydrogen) atoms. The van der Waals surface area contributed by atoms with Crippen molar-refractivity contribution in [1.82, 2.24) is 19.6 Å². The molecule has 0 saturated carbocycles. The van der Waals surface area contributed by atoms with Crippen molar-refractivity contribution in [1.29, 1.82) is 5.26 Å². The van der Waals surface area contributed by atoms with Crippen molar-refractivity contribution in [3.8, 4) is 23.4 Å². The minimum absolute atomic E-state index is 0.00798. The molecule has 1 aliphatic heterocycles. The second-order valence-electron chi connectivity index (χ2n) is 8.98. The zero-order chi connectivity index (χ0) is 27.1. The van der Waals surface area contributed by atoms with Crippen LogP contribution in [-0.4, -0.2) is 31.6 Å². The van der Waals surface area contributed by atoms with Crippen LogP contribution in [0.5, 0.6) is 11.6 Å². The Balaban J connectivity index is 1.65. The van der Waals surface area contributed by atoms with Crippen molar-refractivity contribution >= 4 is 5.69 Å². The van der Waals surface area contributed by atoms with Gasteiger partial charge in [0, 0.05) is 5.56 Å². The normalized spacial score (nSPS) is 14.6. The maximum atomic E-state index is 11.5. The van der Waals surface area contributed by atoms with Gasteiger partial charge < -0.3 is 15.2 Å². The summed E-state index contributed by atoms with van der Waals surface area (Å²) in [7, 11) is 1.56. The fourth-order valence-electron chi connectivity index (χ4n) is 4.96. The summed E-state index contributed by atoms with van der Waals surface area (Å²) in [6.07, 6.45) is 0. The van der Waals surface area contributed by atoms with Crippen LogP contribution in [0.4, 0.5) is 5.69 Å². The van der Waals surface area contributed by atoms with Crippen molar-refractivity contribution < 1.29 is 14.4 Å². The van der Waals surface area contributed by atoms with E-state index in [9.17, 15) is 15.4 Å². The van der Waals surface area contributed by atoms with Crippen LogP contribution in [0.2, 0.25) is 0 Å². The number of nitrogens with zero attached hydrogens (tertiary/aromatic N) is 6. The van der Waals surface area contributed by atoms with Gasteiger partial charge >= 0.3 is 5.69 Å². The molecular formula is C27H25N7O4. The average molecular weight is 512 g/mol. The van der Waals surface area contributed by atoms with Crippen molar-refractivity contribution in [2.45, 2.75) is 33.2 Å². The molecule has 4 aromatic rings. The van der Waals surface area contributed by atoms with Gasteiger partial charge in [-0.1, -0.05) is 24.3 Å². The molecule has 0 spiro atoms. The van der Waals surface area contributed by atoms with E-state index in [4.69, 9.17) is 20.3 Å². The lowest BCUT2D eigenvalue weighted by atomic mass is 9.83. The largest absolute Gasteiger partial charge is 0.496 e. The Labute approximate surface area is 218 Å². The van der Waals surface area contributed by atoms with Crippen LogP contribution in [0.25, 0.3) is 5.69 Å². The number of allylic oxidation sites excluding steroid dienone is 1. The van der Waals surface area contributed by atoms with E-state index < -0.39 is 10.8 Å². The Morgan fingerprint density at radius 2 is 1.89 bits per heavy atom. The summed E-state index contributed by atoms with van der Waals surface area (Å²) in [6.45, 7) is 5.37. The average Bonchev–Trinajstić information content (AvgIpc) is 3.38. The van der Waals surface area contributed by atoms with Crippen LogP contribution >= 0.6 is 0 Å². The van der Waals surface area contributed by atoms with Gasteiger partial charge in [-0.2, -0.15) is 15.5 Å². The topological polar surface area (TPSA) is 147 Å². The van der Waals surface area contributed by atoms with Gasteiger partial charge in [-0.3, -0.25) is 14.8 Å². The number of nitro groups is 1. The zero-order valence-corrected chi connectivity index (χ0v) is 21.3. The van der Waals surface area contributed by atoms with Gasteiger partial charge in [0.05, 0.1) is 41.4 Å². The van der Waals surface area contributed by atoms with Gasteiger partial charge in [0.15, 0.2) is 0 Å². The lowest BCUT2D eigenvalue weighted by Gasteiger charge is -2.25. The first-order valence-electron chi connectivity index (χ1n) is 11.8. The molecule has 0 aliphatic carbocycles. The monoisotopic (exact) mass is 511 g/mol. The summed E-state index contributed by atoms with van der Waals surface area (Å²) in [5, 5.41) is 30.7. The molecule has 0 radical (unpaired) electrons. The molecule has 0 bridgehead atoms. The van der Waals surface area contributed by atoms with E-state index in [1.165, 1.54) is 0 Å². The molecule has 192 valence electrons. The summed E-state index contributed by atoms with van der Waals surface area (Å²) in [4.78, 5) is 11.1. The lowest BCUT2D eigenvalue weighted by Crippen LogP contribution is -2.22. The third-order valence-electron chi connectivity index (χ3n) is 6.72. The fourth-order valence-corrected chi connectivity index (χ4v) is 4.96. The predicted octanol–water partition coefficient (Wildman–Crippen LogP) is 4.18. The van der Waals surface area contributed by atoms with Crippen LogP contribution in [0.15, 0.2) is 60.0 Å². The quantitative estimate of drug-likeness (QED) is 0.300. The maximum absolute atomic E-state index is 11.5. The molecule has 0 saturated heterocycles. The van der Waals surface area contributed by atoms with E-state index in [0.717, 1.165) is 22.4 Å².